The van der Waals surface area contributed by atoms with Gasteiger partial charge in [-0.2, -0.15) is 0 Å². The SMILES string of the molecule is CC(C)(C)c1ccc(O)c(C=CCCNC(=O)OCC2c3ccccc3-c3ccccc32)c1. The molecule has 4 rings (SSSR count). The van der Waals surface area contributed by atoms with Gasteiger partial charge in [-0.15, -0.1) is 0 Å². The number of carbonyl (C=O) groups excluding carboxylic acids is 1. The molecule has 3 aromatic rings. The van der Waals surface area contributed by atoms with E-state index in [1.165, 1.54) is 22.3 Å². The van der Waals surface area contributed by atoms with E-state index in [4.69, 9.17) is 4.74 Å². The minimum Gasteiger partial charge on any atom is -0.507 e. The van der Waals surface area contributed by atoms with E-state index in [1.807, 2.05) is 48.6 Å². The van der Waals surface area contributed by atoms with Crippen LogP contribution in [0.15, 0.2) is 72.8 Å². The number of hydrogen-bond donors (Lipinski definition) is 2. The van der Waals surface area contributed by atoms with E-state index >= 15 is 0 Å². The summed E-state index contributed by atoms with van der Waals surface area (Å²) >= 11 is 0. The van der Waals surface area contributed by atoms with Crippen molar-refractivity contribution in [2.45, 2.75) is 38.5 Å². The number of phenolic OH excluding ortho intramolecular Hbond substituents is 1. The van der Waals surface area contributed by atoms with Gasteiger partial charge in [0, 0.05) is 18.0 Å². The zero-order chi connectivity index (χ0) is 23.4. The topological polar surface area (TPSA) is 58.6 Å². The average molecular weight is 442 g/mol. The zero-order valence-electron chi connectivity index (χ0n) is 19.5. The monoisotopic (exact) mass is 441 g/mol. The maximum atomic E-state index is 12.3. The van der Waals surface area contributed by atoms with Gasteiger partial charge in [0.2, 0.25) is 0 Å². The molecule has 1 aliphatic rings. The first-order chi connectivity index (χ1) is 15.8. The largest absolute Gasteiger partial charge is 0.507 e. The van der Waals surface area contributed by atoms with Gasteiger partial charge in [-0.3, -0.25) is 0 Å². The van der Waals surface area contributed by atoms with Gasteiger partial charge in [0.25, 0.3) is 0 Å². The molecule has 170 valence electrons. The second-order valence-electron chi connectivity index (χ2n) is 9.47. The highest BCUT2D eigenvalue weighted by Crippen LogP contribution is 2.44. The van der Waals surface area contributed by atoms with Gasteiger partial charge in [0.1, 0.15) is 12.4 Å². The van der Waals surface area contributed by atoms with E-state index in [9.17, 15) is 9.90 Å². The van der Waals surface area contributed by atoms with Crippen LogP contribution < -0.4 is 5.32 Å². The molecule has 0 radical (unpaired) electrons. The molecule has 0 unspecified atom stereocenters. The van der Waals surface area contributed by atoms with E-state index in [2.05, 4.69) is 50.4 Å². The van der Waals surface area contributed by atoms with Gasteiger partial charge in [-0.1, -0.05) is 87.5 Å². The molecule has 0 bridgehead atoms. The lowest BCUT2D eigenvalue weighted by Crippen LogP contribution is -2.26. The fraction of sp³-hybridized carbons (Fsp3) is 0.276. The third-order valence-electron chi connectivity index (χ3n) is 6.11. The van der Waals surface area contributed by atoms with Crippen LogP contribution in [0.4, 0.5) is 4.79 Å². The van der Waals surface area contributed by atoms with Crippen molar-refractivity contribution in [2.75, 3.05) is 13.2 Å². The smallest absolute Gasteiger partial charge is 0.407 e. The third kappa shape index (κ3) is 5.11. The van der Waals surface area contributed by atoms with Crippen LogP contribution in [0.25, 0.3) is 17.2 Å². The molecule has 0 fully saturated rings. The van der Waals surface area contributed by atoms with E-state index < -0.39 is 6.09 Å². The predicted molar refractivity (Wildman–Crippen MR) is 134 cm³/mol. The summed E-state index contributed by atoms with van der Waals surface area (Å²) in [4.78, 5) is 12.3. The van der Waals surface area contributed by atoms with Crippen LogP contribution in [0.5, 0.6) is 5.75 Å². The van der Waals surface area contributed by atoms with Crippen molar-refractivity contribution in [3.05, 3.63) is 95.1 Å². The van der Waals surface area contributed by atoms with Gasteiger partial charge in [0.05, 0.1) is 0 Å². The molecule has 1 aliphatic carbocycles. The number of nitrogens with one attached hydrogen (secondary N) is 1. The summed E-state index contributed by atoms with van der Waals surface area (Å²) < 4.78 is 5.56. The molecule has 0 heterocycles. The Hall–Kier alpha value is -3.53. The van der Waals surface area contributed by atoms with E-state index in [0.717, 1.165) is 11.1 Å². The maximum absolute atomic E-state index is 12.3. The van der Waals surface area contributed by atoms with Gasteiger partial charge < -0.3 is 15.2 Å². The Morgan fingerprint density at radius 2 is 1.64 bits per heavy atom. The molecule has 0 atom stereocenters. The Balaban J connectivity index is 1.28. The van der Waals surface area contributed by atoms with Gasteiger partial charge in [0.15, 0.2) is 0 Å². The van der Waals surface area contributed by atoms with Gasteiger partial charge >= 0.3 is 6.09 Å². The Kier molecular flexibility index (Phi) is 6.55. The molecule has 0 saturated heterocycles. The lowest BCUT2D eigenvalue weighted by molar-refractivity contribution is 0.143. The number of aromatic hydroxyl groups is 1. The van der Waals surface area contributed by atoms with Crippen LogP contribution in [-0.2, 0) is 10.2 Å². The Labute approximate surface area is 195 Å². The second kappa shape index (κ2) is 9.53. The Bertz CT molecular complexity index is 1130. The predicted octanol–water partition coefficient (Wildman–Crippen LogP) is 6.63. The highest BCUT2D eigenvalue weighted by Gasteiger charge is 2.28. The molecule has 4 nitrogen and oxygen atoms in total. The summed E-state index contributed by atoms with van der Waals surface area (Å²) in [5.41, 5.74) is 6.79. The molecular formula is C29H31NO3. The summed E-state index contributed by atoms with van der Waals surface area (Å²) in [7, 11) is 0. The van der Waals surface area contributed by atoms with Crippen molar-refractivity contribution in [3.8, 4) is 16.9 Å². The molecule has 3 aromatic carbocycles. The summed E-state index contributed by atoms with van der Waals surface area (Å²) in [6.45, 7) is 7.21. The fourth-order valence-electron chi connectivity index (χ4n) is 4.27. The van der Waals surface area contributed by atoms with Crippen molar-refractivity contribution in [1.82, 2.24) is 5.32 Å². The number of amides is 1. The van der Waals surface area contributed by atoms with Crippen LogP contribution in [0.1, 0.15) is 55.4 Å². The van der Waals surface area contributed by atoms with Crippen LogP contribution in [0, 0.1) is 0 Å². The summed E-state index contributed by atoms with van der Waals surface area (Å²) in [5, 5.41) is 12.9. The standard InChI is InChI=1S/C29H31NO3/c1-29(2,3)21-15-16-27(31)20(18-21)10-8-9-17-30-28(32)33-19-26-24-13-6-4-11-22(24)23-12-5-7-14-25(23)26/h4-8,10-16,18,26,31H,9,17,19H2,1-3H3,(H,30,32). The lowest BCUT2D eigenvalue weighted by atomic mass is 9.86. The van der Waals surface area contributed by atoms with Gasteiger partial charge in [-0.25, -0.2) is 4.79 Å². The van der Waals surface area contributed by atoms with Crippen molar-refractivity contribution >= 4 is 12.2 Å². The summed E-state index contributed by atoms with van der Waals surface area (Å²) in [6.07, 6.45) is 4.07. The summed E-state index contributed by atoms with van der Waals surface area (Å²) in [6, 6.07) is 22.3. The minimum atomic E-state index is -0.414. The molecule has 0 aromatic heterocycles. The Morgan fingerprint density at radius 3 is 2.27 bits per heavy atom. The number of phenols is 1. The Morgan fingerprint density at radius 1 is 1.00 bits per heavy atom. The number of carbonyl (C=O) groups is 1. The first kappa shape index (κ1) is 22.7. The first-order valence-electron chi connectivity index (χ1n) is 11.4. The number of alkyl carbamates (subject to hydrolysis) is 1. The third-order valence-corrected chi connectivity index (χ3v) is 6.11. The molecule has 2 N–H and O–H groups in total. The molecule has 4 heteroatoms. The van der Waals surface area contributed by atoms with Crippen LogP contribution in [0.2, 0.25) is 0 Å². The molecule has 33 heavy (non-hydrogen) atoms. The maximum Gasteiger partial charge on any atom is 0.407 e. The van der Waals surface area contributed by atoms with E-state index in [-0.39, 0.29) is 17.1 Å². The van der Waals surface area contributed by atoms with E-state index in [1.54, 1.807) is 6.07 Å². The van der Waals surface area contributed by atoms with Crippen molar-refractivity contribution < 1.29 is 14.6 Å². The van der Waals surface area contributed by atoms with Crippen LogP contribution in [-0.4, -0.2) is 24.4 Å². The fourth-order valence-corrected chi connectivity index (χ4v) is 4.27. The number of fused-ring (bicyclic) bond motifs is 3. The average Bonchev–Trinajstić information content (AvgIpc) is 3.11. The molecule has 0 spiro atoms. The lowest BCUT2D eigenvalue weighted by Gasteiger charge is -2.19. The molecule has 0 saturated carbocycles. The number of hydrogen-bond acceptors (Lipinski definition) is 3. The van der Waals surface area contributed by atoms with Crippen LogP contribution in [0.3, 0.4) is 0 Å². The van der Waals surface area contributed by atoms with Crippen molar-refractivity contribution in [1.29, 1.82) is 0 Å². The van der Waals surface area contributed by atoms with Gasteiger partial charge in [-0.05, 0) is 51.8 Å². The first-order valence-corrected chi connectivity index (χ1v) is 11.4. The van der Waals surface area contributed by atoms with E-state index in [0.29, 0.717) is 19.6 Å². The van der Waals surface area contributed by atoms with Crippen molar-refractivity contribution in [3.63, 3.8) is 0 Å². The normalized spacial score (nSPS) is 13.1. The van der Waals surface area contributed by atoms with Crippen molar-refractivity contribution in [2.24, 2.45) is 0 Å². The number of ether oxygens (including phenoxy) is 1. The zero-order valence-corrected chi connectivity index (χ0v) is 19.5. The highest BCUT2D eigenvalue weighted by molar-refractivity contribution is 5.79. The number of benzene rings is 3. The molecule has 1 amide bonds. The molecule has 0 aliphatic heterocycles. The molecular weight excluding hydrogens is 410 g/mol. The van der Waals surface area contributed by atoms with Crippen LogP contribution >= 0.6 is 0 Å². The number of rotatable bonds is 6. The second-order valence-corrected chi connectivity index (χ2v) is 9.47. The summed E-state index contributed by atoms with van der Waals surface area (Å²) in [5.74, 6) is 0.310. The minimum absolute atomic E-state index is 0.0158. The quantitative estimate of drug-likeness (QED) is 0.422. The highest BCUT2D eigenvalue weighted by atomic mass is 16.5.